The molecule has 108 valence electrons. The molecule has 0 aliphatic heterocycles. The van der Waals surface area contributed by atoms with Crippen molar-refractivity contribution in [2.75, 3.05) is 0 Å². The van der Waals surface area contributed by atoms with Crippen molar-refractivity contribution in [1.82, 2.24) is 5.32 Å². The minimum absolute atomic E-state index is 0.219. The largest absolute Gasteiger partial charge is 0.348 e. The Bertz CT molecular complexity index is 706. The van der Waals surface area contributed by atoms with Crippen LogP contribution in [0, 0.1) is 15.9 Å². The van der Waals surface area contributed by atoms with Gasteiger partial charge in [-0.2, -0.15) is 0 Å². The summed E-state index contributed by atoms with van der Waals surface area (Å²) in [7, 11) is 0. The average molecular weight is 353 g/mol. The van der Waals surface area contributed by atoms with Gasteiger partial charge in [-0.15, -0.1) is 0 Å². The molecule has 2 rings (SSSR count). The molecule has 7 heteroatoms. The molecule has 1 N–H and O–H groups in total. The summed E-state index contributed by atoms with van der Waals surface area (Å²) in [6.07, 6.45) is 0. The number of rotatable bonds is 4. The fourth-order valence-corrected chi connectivity index (χ4v) is 2.14. The van der Waals surface area contributed by atoms with E-state index in [0.29, 0.717) is 0 Å². The summed E-state index contributed by atoms with van der Waals surface area (Å²) in [5.74, 6) is -1.55. The zero-order valence-corrected chi connectivity index (χ0v) is 12.3. The van der Waals surface area contributed by atoms with Gasteiger partial charge in [-0.05, 0) is 17.7 Å². The van der Waals surface area contributed by atoms with Crippen LogP contribution in [0.1, 0.15) is 15.9 Å². The van der Waals surface area contributed by atoms with Crippen LogP contribution >= 0.6 is 15.9 Å². The number of nitro benzene ring substituents is 1. The van der Waals surface area contributed by atoms with E-state index >= 15 is 0 Å². The number of carbonyl (C=O) groups is 1. The molecule has 2 aromatic rings. The number of hydrogen-bond acceptors (Lipinski definition) is 3. The summed E-state index contributed by atoms with van der Waals surface area (Å²) < 4.78 is 14.5. The second kappa shape index (κ2) is 6.45. The quantitative estimate of drug-likeness (QED) is 0.676. The summed E-state index contributed by atoms with van der Waals surface area (Å²) in [4.78, 5) is 21.7. The molecule has 0 radical (unpaired) electrons. The first kappa shape index (κ1) is 15.1. The fourth-order valence-electron chi connectivity index (χ4n) is 1.71. The summed E-state index contributed by atoms with van der Waals surface area (Å²) in [6, 6.07) is 10.2. The Kier molecular flexibility index (Phi) is 4.64. The lowest BCUT2D eigenvalue weighted by Gasteiger charge is -2.07. The maximum absolute atomic E-state index is 13.7. The van der Waals surface area contributed by atoms with Crippen LogP contribution in [0.2, 0.25) is 0 Å². The van der Waals surface area contributed by atoms with Crippen LogP contribution in [-0.2, 0) is 6.54 Å². The van der Waals surface area contributed by atoms with Crippen LogP contribution in [0.5, 0.6) is 0 Å². The lowest BCUT2D eigenvalue weighted by molar-refractivity contribution is -0.385. The third-order valence-corrected chi connectivity index (χ3v) is 3.58. The number of benzene rings is 2. The Labute approximate surface area is 128 Å². The molecule has 0 bridgehead atoms. The number of nitrogens with zero attached hydrogens (tertiary/aromatic N) is 1. The Hall–Kier alpha value is -2.28. The van der Waals surface area contributed by atoms with Gasteiger partial charge in [-0.3, -0.25) is 14.9 Å². The van der Waals surface area contributed by atoms with Gasteiger partial charge in [-0.25, -0.2) is 4.39 Å². The van der Waals surface area contributed by atoms with Gasteiger partial charge < -0.3 is 5.32 Å². The summed E-state index contributed by atoms with van der Waals surface area (Å²) >= 11 is 3.34. The predicted octanol–water partition coefficient (Wildman–Crippen LogP) is 3.43. The third kappa shape index (κ3) is 3.63. The molecular weight excluding hydrogens is 343 g/mol. The van der Waals surface area contributed by atoms with Crippen molar-refractivity contribution in [2.45, 2.75) is 6.54 Å². The van der Waals surface area contributed by atoms with E-state index in [-0.39, 0.29) is 12.1 Å². The Morgan fingerprint density at radius 2 is 2.00 bits per heavy atom. The normalized spacial score (nSPS) is 10.2. The van der Waals surface area contributed by atoms with Gasteiger partial charge in [0.1, 0.15) is 5.82 Å². The number of non-ortho nitro benzene ring substituents is 1. The molecule has 21 heavy (non-hydrogen) atoms. The highest BCUT2D eigenvalue weighted by atomic mass is 79.9. The van der Waals surface area contributed by atoms with Crippen LogP contribution in [0.25, 0.3) is 0 Å². The van der Waals surface area contributed by atoms with Crippen molar-refractivity contribution in [1.29, 1.82) is 0 Å². The van der Waals surface area contributed by atoms with Crippen LogP contribution in [0.3, 0.4) is 0 Å². The topological polar surface area (TPSA) is 72.2 Å². The summed E-state index contributed by atoms with van der Waals surface area (Å²) in [5.41, 5.74) is 0.218. The second-order valence-corrected chi connectivity index (χ2v) is 5.05. The SMILES string of the molecule is O=C(NCc1ccccc1Br)c1ccc([N+](=O)[O-])cc1F. The van der Waals surface area contributed by atoms with Crippen molar-refractivity contribution in [3.63, 3.8) is 0 Å². The third-order valence-electron chi connectivity index (χ3n) is 2.81. The smallest absolute Gasteiger partial charge is 0.272 e. The molecule has 0 saturated carbocycles. The summed E-state index contributed by atoms with van der Waals surface area (Å²) in [6.45, 7) is 0.219. The van der Waals surface area contributed by atoms with Gasteiger partial charge in [0.2, 0.25) is 0 Å². The highest BCUT2D eigenvalue weighted by Gasteiger charge is 2.16. The average Bonchev–Trinajstić information content (AvgIpc) is 2.46. The first-order valence-corrected chi connectivity index (χ1v) is 6.74. The predicted molar refractivity (Wildman–Crippen MR) is 78.4 cm³/mol. The maximum atomic E-state index is 13.7. The van der Waals surface area contributed by atoms with E-state index in [1.165, 1.54) is 0 Å². The molecule has 0 spiro atoms. The minimum atomic E-state index is -0.922. The molecule has 1 amide bonds. The molecule has 0 aliphatic carbocycles. The minimum Gasteiger partial charge on any atom is -0.348 e. The maximum Gasteiger partial charge on any atom is 0.272 e. The number of amides is 1. The molecule has 0 unspecified atom stereocenters. The highest BCUT2D eigenvalue weighted by molar-refractivity contribution is 9.10. The van der Waals surface area contributed by atoms with E-state index in [1.54, 1.807) is 0 Å². The zero-order valence-electron chi connectivity index (χ0n) is 10.7. The van der Waals surface area contributed by atoms with Gasteiger partial charge in [0.05, 0.1) is 16.6 Å². The van der Waals surface area contributed by atoms with Crippen LogP contribution < -0.4 is 5.32 Å². The van der Waals surface area contributed by atoms with Crippen LogP contribution in [-0.4, -0.2) is 10.8 Å². The monoisotopic (exact) mass is 352 g/mol. The van der Waals surface area contributed by atoms with Crippen molar-refractivity contribution in [3.8, 4) is 0 Å². The lowest BCUT2D eigenvalue weighted by Crippen LogP contribution is -2.24. The Balaban J connectivity index is 2.11. The van der Waals surface area contributed by atoms with Gasteiger partial charge in [0.15, 0.2) is 0 Å². The van der Waals surface area contributed by atoms with Crippen molar-refractivity contribution >= 4 is 27.5 Å². The first-order chi connectivity index (χ1) is 9.99. The van der Waals surface area contributed by atoms with E-state index < -0.39 is 22.3 Å². The lowest BCUT2D eigenvalue weighted by atomic mass is 10.1. The van der Waals surface area contributed by atoms with E-state index in [4.69, 9.17) is 0 Å². The molecule has 0 aliphatic rings. The molecule has 0 aromatic heterocycles. The first-order valence-electron chi connectivity index (χ1n) is 5.94. The van der Waals surface area contributed by atoms with E-state index in [2.05, 4.69) is 21.2 Å². The van der Waals surface area contributed by atoms with E-state index in [9.17, 15) is 19.3 Å². The molecule has 0 heterocycles. The Morgan fingerprint density at radius 3 is 2.62 bits per heavy atom. The van der Waals surface area contributed by atoms with Crippen molar-refractivity contribution < 1.29 is 14.1 Å². The van der Waals surface area contributed by atoms with Crippen molar-refractivity contribution in [3.05, 3.63) is 74.0 Å². The van der Waals surface area contributed by atoms with Crippen molar-refractivity contribution in [2.24, 2.45) is 0 Å². The zero-order chi connectivity index (χ0) is 15.4. The van der Waals surface area contributed by atoms with Gasteiger partial charge in [0.25, 0.3) is 11.6 Å². The molecule has 0 saturated heterocycles. The molecule has 0 atom stereocenters. The number of halogens is 2. The Morgan fingerprint density at radius 1 is 1.29 bits per heavy atom. The van der Waals surface area contributed by atoms with Gasteiger partial charge >= 0.3 is 0 Å². The number of nitro groups is 1. The van der Waals surface area contributed by atoms with Gasteiger partial charge in [0, 0.05) is 17.1 Å². The molecule has 0 fully saturated rings. The van der Waals surface area contributed by atoms with Gasteiger partial charge in [-0.1, -0.05) is 34.1 Å². The number of nitrogens with one attached hydrogen (secondary N) is 1. The fraction of sp³-hybridized carbons (Fsp3) is 0.0714. The van der Waals surface area contributed by atoms with E-state index in [1.807, 2.05) is 24.3 Å². The molecule has 5 nitrogen and oxygen atoms in total. The van der Waals surface area contributed by atoms with Crippen LogP contribution in [0.4, 0.5) is 10.1 Å². The number of carbonyl (C=O) groups excluding carboxylic acids is 1. The van der Waals surface area contributed by atoms with Crippen LogP contribution in [0.15, 0.2) is 46.9 Å². The molecule has 2 aromatic carbocycles. The number of hydrogen-bond donors (Lipinski definition) is 1. The molecular formula is C14H10BrFN2O3. The highest BCUT2D eigenvalue weighted by Crippen LogP contribution is 2.18. The summed E-state index contributed by atoms with van der Waals surface area (Å²) in [5, 5.41) is 13.1. The van der Waals surface area contributed by atoms with E-state index in [0.717, 1.165) is 28.2 Å². The standard InChI is InChI=1S/C14H10BrFN2O3/c15-12-4-2-1-3-9(12)8-17-14(19)11-6-5-10(18(20)21)7-13(11)16/h1-7H,8H2,(H,17,19). The second-order valence-electron chi connectivity index (χ2n) is 4.20.